The summed E-state index contributed by atoms with van der Waals surface area (Å²) in [7, 11) is -3.55. The number of nitrogen functional groups attached to an aromatic ring is 1. The lowest BCUT2D eigenvalue weighted by atomic mass is 10.2. The Hall–Kier alpha value is -1.66. The number of anilines is 1. The van der Waals surface area contributed by atoms with Crippen LogP contribution in [0.1, 0.15) is 25.7 Å². The van der Waals surface area contributed by atoms with Crippen molar-refractivity contribution in [3.05, 3.63) is 30.5 Å². The minimum Gasteiger partial charge on any atom is -0.398 e. The van der Waals surface area contributed by atoms with Gasteiger partial charge in [0.1, 0.15) is 4.90 Å². The van der Waals surface area contributed by atoms with Crippen molar-refractivity contribution in [2.24, 2.45) is 5.92 Å². The molecule has 2 aromatic rings. The number of rotatable bonds is 6. The lowest BCUT2D eigenvalue weighted by Gasteiger charge is -2.10. The Bertz CT molecular complexity index is 755. The molecular formula is C15H19N3O2S. The monoisotopic (exact) mass is 305 g/mol. The van der Waals surface area contributed by atoms with Gasteiger partial charge in [0.25, 0.3) is 0 Å². The molecule has 21 heavy (non-hydrogen) atoms. The van der Waals surface area contributed by atoms with Gasteiger partial charge in [-0.3, -0.25) is 4.98 Å². The Morgan fingerprint density at radius 1 is 1.29 bits per heavy atom. The van der Waals surface area contributed by atoms with Gasteiger partial charge in [-0.05, 0) is 43.0 Å². The maximum atomic E-state index is 12.4. The van der Waals surface area contributed by atoms with Gasteiger partial charge in [0, 0.05) is 23.8 Å². The van der Waals surface area contributed by atoms with Crippen LogP contribution in [0.5, 0.6) is 0 Å². The largest absolute Gasteiger partial charge is 0.398 e. The number of pyridine rings is 1. The highest BCUT2D eigenvalue weighted by Gasteiger charge is 2.22. The van der Waals surface area contributed by atoms with Gasteiger partial charge < -0.3 is 5.73 Å². The average molecular weight is 305 g/mol. The highest BCUT2D eigenvalue weighted by Crippen LogP contribution is 2.33. The molecule has 0 atom stereocenters. The summed E-state index contributed by atoms with van der Waals surface area (Å²) in [6, 6.07) is 6.67. The summed E-state index contributed by atoms with van der Waals surface area (Å²) in [5, 5.41) is 0.665. The fourth-order valence-corrected chi connectivity index (χ4v) is 3.70. The lowest BCUT2D eigenvalue weighted by Crippen LogP contribution is -2.25. The third-order valence-electron chi connectivity index (χ3n) is 3.83. The van der Waals surface area contributed by atoms with Crippen molar-refractivity contribution >= 4 is 26.6 Å². The second-order valence-corrected chi connectivity index (χ2v) is 7.27. The smallest absolute Gasteiger partial charge is 0.242 e. The van der Waals surface area contributed by atoms with Crippen molar-refractivity contribution < 1.29 is 8.42 Å². The Morgan fingerprint density at radius 3 is 2.86 bits per heavy atom. The van der Waals surface area contributed by atoms with Crippen molar-refractivity contribution in [1.82, 2.24) is 9.71 Å². The summed E-state index contributed by atoms with van der Waals surface area (Å²) in [5.41, 5.74) is 6.83. The van der Waals surface area contributed by atoms with E-state index in [2.05, 4.69) is 9.71 Å². The van der Waals surface area contributed by atoms with Crippen LogP contribution in [0.25, 0.3) is 10.9 Å². The predicted molar refractivity (Wildman–Crippen MR) is 83.3 cm³/mol. The van der Waals surface area contributed by atoms with Crippen molar-refractivity contribution in [3.63, 3.8) is 0 Å². The number of fused-ring (bicyclic) bond motifs is 1. The zero-order chi connectivity index (χ0) is 14.9. The molecule has 0 unspecified atom stereocenters. The minimum absolute atomic E-state index is 0.193. The number of nitrogens with zero attached hydrogens (tertiary/aromatic N) is 1. The van der Waals surface area contributed by atoms with Crippen LogP contribution in [0.2, 0.25) is 0 Å². The first-order valence-electron chi connectivity index (χ1n) is 7.21. The van der Waals surface area contributed by atoms with Crippen LogP contribution >= 0.6 is 0 Å². The first kappa shape index (κ1) is 14.3. The van der Waals surface area contributed by atoms with E-state index in [1.807, 2.05) is 0 Å². The Labute approximate surface area is 124 Å². The third kappa shape index (κ3) is 3.16. The summed E-state index contributed by atoms with van der Waals surface area (Å²) in [6.07, 6.45) is 6.14. The quantitative estimate of drug-likeness (QED) is 0.633. The van der Waals surface area contributed by atoms with E-state index in [9.17, 15) is 8.42 Å². The molecule has 1 saturated carbocycles. The van der Waals surface area contributed by atoms with E-state index in [-0.39, 0.29) is 4.90 Å². The fourth-order valence-electron chi connectivity index (χ4n) is 2.47. The molecule has 0 bridgehead atoms. The number of nitrogens with one attached hydrogen (secondary N) is 1. The first-order chi connectivity index (χ1) is 10.1. The minimum atomic E-state index is -3.55. The molecule has 112 valence electrons. The zero-order valence-electron chi connectivity index (χ0n) is 11.7. The maximum absolute atomic E-state index is 12.4. The van der Waals surface area contributed by atoms with E-state index in [0.29, 0.717) is 23.1 Å². The van der Waals surface area contributed by atoms with Gasteiger partial charge in [-0.1, -0.05) is 12.8 Å². The van der Waals surface area contributed by atoms with E-state index in [0.717, 1.165) is 18.8 Å². The van der Waals surface area contributed by atoms with Crippen LogP contribution in [0, 0.1) is 5.92 Å². The molecule has 1 aromatic carbocycles. The van der Waals surface area contributed by atoms with E-state index in [1.54, 1.807) is 24.4 Å². The average Bonchev–Trinajstić information content (AvgIpc) is 3.28. The molecule has 1 aromatic heterocycles. The Balaban J connectivity index is 1.82. The van der Waals surface area contributed by atoms with Crippen molar-refractivity contribution in [2.75, 3.05) is 12.3 Å². The number of sulfonamides is 1. The maximum Gasteiger partial charge on any atom is 0.242 e. The lowest BCUT2D eigenvalue weighted by molar-refractivity contribution is 0.573. The van der Waals surface area contributed by atoms with Crippen molar-refractivity contribution in [2.45, 2.75) is 30.6 Å². The molecule has 0 spiro atoms. The van der Waals surface area contributed by atoms with Crippen LogP contribution in [0.3, 0.4) is 0 Å². The van der Waals surface area contributed by atoms with Crippen LogP contribution in [-0.2, 0) is 10.0 Å². The summed E-state index contributed by atoms with van der Waals surface area (Å²) in [5.74, 6) is 0.813. The first-order valence-corrected chi connectivity index (χ1v) is 8.69. The number of nitrogens with two attached hydrogens (primary N) is 1. The third-order valence-corrected chi connectivity index (χ3v) is 5.33. The Morgan fingerprint density at radius 2 is 2.10 bits per heavy atom. The zero-order valence-corrected chi connectivity index (χ0v) is 12.6. The highest BCUT2D eigenvalue weighted by molar-refractivity contribution is 7.89. The van der Waals surface area contributed by atoms with E-state index >= 15 is 0 Å². The second kappa shape index (κ2) is 5.61. The standard InChI is InChI=1S/C15H19N3O2S/c16-13-7-8-14(15-12(13)4-2-9-17-15)21(19,20)18-10-1-3-11-5-6-11/h2,4,7-9,11,18H,1,3,5-6,10,16H2. The van der Waals surface area contributed by atoms with Gasteiger partial charge in [0.15, 0.2) is 0 Å². The molecule has 1 heterocycles. The fraction of sp³-hybridized carbons (Fsp3) is 0.400. The predicted octanol–water partition coefficient (Wildman–Crippen LogP) is 2.29. The van der Waals surface area contributed by atoms with Gasteiger partial charge in [0.05, 0.1) is 5.52 Å². The number of hydrogen-bond donors (Lipinski definition) is 2. The SMILES string of the molecule is Nc1ccc(S(=O)(=O)NCCCC2CC2)c2ncccc12. The van der Waals surface area contributed by atoms with Crippen LogP contribution in [0.4, 0.5) is 5.69 Å². The van der Waals surface area contributed by atoms with Crippen LogP contribution in [-0.4, -0.2) is 19.9 Å². The van der Waals surface area contributed by atoms with E-state index in [1.165, 1.54) is 18.9 Å². The molecule has 0 saturated heterocycles. The highest BCUT2D eigenvalue weighted by atomic mass is 32.2. The molecule has 1 aliphatic rings. The van der Waals surface area contributed by atoms with E-state index < -0.39 is 10.0 Å². The van der Waals surface area contributed by atoms with Gasteiger partial charge in [-0.2, -0.15) is 0 Å². The molecule has 0 radical (unpaired) electrons. The van der Waals surface area contributed by atoms with Crippen LogP contribution < -0.4 is 10.5 Å². The molecule has 1 fully saturated rings. The second-order valence-electron chi connectivity index (χ2n) is 5.54. The summed E-state index contributed by atoms with van der Waals surface area (Å²) in [4.78, 5) is 4.37. The van der Waals surface area contributed by atoms with Crippen molar-refractivity contribution in [1.29, 1.82) is 0 Å². The normalized spacial score (nSPS) is 15.4. The number of aromatic nitrogens is 1. The molecule has 6 heteroatoms. The molecular weight excluding hydrogens is 286 g/mol. The van der Waals surface area contributed by atoms with Gasteiger partial charge in [0.2, 0.25) is 10.0 Å². The summed E-state index contributed by atoms with van der Waals surface area (Å²) in [6.45, 7) is 0.470. The van der Waals surface area contributed by atoms with E-state index in [4.69, 9.17) is 5.73 Å². The molecule has 5 nitrogen and oxygen atoms in total. The van der Waals surface area contributed by atoms with Gasteiger partial charge in [-0.25, -0.2) is 13.1 Å². The van der Waals surface area contributed by atoms with Gasteiger partial charge in [-0.15, -0.1) is 0 Å². The molecule has 3 N–H and O–H groups in total. The molecule has 0 aliphatic heterocycles. The topological polar surface area (TPSA) is 85.1 Å². The van der Waals surface area contributed by atoms with Crippen LogP contribution in [0.15, 0.2) is 35.4 Å². The molecule has 1 aliphatic carbocycles. The summed E-state index contributed by atoms with van der Waals surface area (Å²) >= 11 is 0. The molecule has 0 amide bonds. The summed E-state index contributed by atoms with van der Waals surface area (Å²) < 4.78 is 27.5. The number of hydrogen-bond acceptors (Lipinski definition) is 4. The molecule has 3 rings (SSSR count). The van der Waals surface area contributed by atoms with Crippen molar-refractivity contribution in [3.8, 4) is 0 Å². The Kier molecular flexibility index (Phi) is 3.82. The number of benzene rings is 1. The van der Waals surface area contributed by atoms with Gasteiger partial charge >= 0.3 is 0 Å².